The van der Waals surface area contributed by atoms with Crippen molar-refractivity contribution in [2.75, 3.05) is 12.4 Å². The molecule has 0 saturated heterocycles. The van der Waals surface area contributed by atoms with E-state index in [0.29, 0.717) is 27.5 Å². The maximum Gasteiger partial charge on any atom is 0.262 e. The van der Waals surface area contributed by atoms with Gasteiger partial charge in [-0.25, -0.2) is 4.98 Å². The maximum atomic E-state index is 13.1. The van der Waals surface area contributed by atoms with Crippen LogP contribution in [0.4, 0.5) is 5.69 Å². The van der Waals surface area contributed by atoms with Crippen LogP contribution < -0.4 is 15.6 Å². The highest BCUT2D eigenvalue weighted by Crippen LogP contribution is 2.28. The number of anilines is 1. The number of carbonyl (C=O) groups excluding carboxylic acids is 1. The Hall–Kier alpha value is -2.80. The molecule has 1 amide bonds. The van der Waals surface area contributed by atoms with Gasteiger partial charge in [-0.05, 0) is 44.5 Å². The zero-order valence-corrected chi connectivity index (χ0v) is 17.8. The van der Waals surface area contributed by atoms with Crippen LogP contribution in [0.2, 0.25) is 0 Å². The number of hydrogen-bond donors (Lipinski definition) is 1. The summed E-state index contributed by atoms with van der Waals surface area (Å²) in [6.45, 7) is 5.82. The van der Waals surface area contributed by atoms with Crippen molar-refractivity contribution in [3.8, 4) is 5.75 Å². The number of fused-ring (bicyclic) bond motifs is 1. The summed E-state index contributed by atoms with van der Waals surface area (Å²) in [5.74, 6) is 0.413. The summed E-state index contributed by atoms with van der Waals surface area (Å²) in [5, 5.41) is 3.57. The number of ether oxygens (including phenoxy) is 1. The average Bonchev–Trinajstić information content (AvgIpc) is 2.73. The first-order chi connectivity index (χ1) is 14.0. The minimum atomic E-state index is -0.455. The molecule has 0 aliphatic carbocycles. The van der Waals surface area contributed by atoms with Crippen molar-refractivity contribution < 1.29 is 9.53 Å². The zero-order chi connectivity index (χ0) is 21.0. The Bertz CT molecular complexity index is 1080. The van der Waals surface area contributed by atoms with Gasteiger partial charge in [-0.2, -0.15) is 0 Å². The smallest absolute Gasteiger partial charge is 0.262 e. The summed E-state index contributed by atoms with van der Waals surface area (Å²) in [4.78, 5) is 30.5. The summed E-state index contributed by atoms with van der Waals surface area (Å²) in [7, 11) is 1.56. The molecule has 3 rings (SSSR count). The molecule has 29 heavy (non-hydrogen) atoms. The van der Waals surface area contributed by atoms with Crippen LogP contribution in [0.3, 0.4) is 0 Å². The van der Waals surface area contributed by atoms with Crippen molar-refractivity contribution in [2.45, 2.75) is 43.6 Å². The first-order valence-electron chi connectivity index (χ1n) is 9.58. The third-order valence-corrected chi connectivity index (χ3v) is 5.89. The van der Waals surface area contributed by atoms with Crippen molar-refractivity contribution in [1.82, 2.24) is 9.55 Å². The van der Waals surface area contributed by atoms with Gasteiger partial charge in [0.25, 0.3) is 5.56 Å². The van der Waals surface area contributed by atoms with Crippen molar-refractivity contribution in [2.24, 2.45) is 0 Å². The predicted octanol–water partition coefficient (Wildman–Crippen LogP) is 4.50. The lowest BCUT2D eigenvalue weighted by molar-refractivity contribution is -0.115. The van der Waals surface area contributed by atoms with E-state index >= 15 is 0 Å². The molecule has 0 unspecified atom stereocenters. The molecular weight excluding hydrogens is 386 g/mol. The lowest BCUT2D eigenvalue weighted by Gasteiger charge is -2.20. The molecule has 0 aliphatic rings. The summed E-state index contributed by atoms with van der Waals surface area (Å²) in [5.41, 5.74) is 1.17. The Labute approximate surface area is 174 Å². The Morgan fingerprint density at radius 2 is 1.86 bits per heavy atom. The molecule has 7 heteroatoms. The fraction of sp³-hybridized carbons (Fsp3) is 0.318. The van der Waals surface area contributed by atoms with E-state index < -0.39 is 5.25 Å². The molecule has 0 spiro atoms. The maximum absolute atomic E-state index is 13.1. The van der Waals surface area contributed by atoms with Crippen molar-refractivity contribution >= 4 is 34.3 Å². The number of methoxy groups -OCH3 is 1. The lowest BCUT2D eigenvalue weighted by Crippen LogP contribution is -2.28. The van der Waals surface area contributed by atoms with E-state index in [1.165, 1.54) is 11.8 Å². The fourth-order valence-electron chi connectivity index (χ4n) is 2.97. The first-order valence-corrected chi connectivity index (χ1v) is 10.5. The highest BCUT2D eigenvalue weighted by molar-refractivity contribution is 8.00. The normalized spacial score (nSPS) is 13.1. The van der Waals surface area contributed by atoms with E-state index in [0.717, 1.165) is 6.42 Å². The molecule has 3 aromatic rings. The first kappa shape index (κ1) is 20.9. The minimum absolute atomic E-state index is 0.0217. The van der Waals surface area contributed by atoms with E-state index in [2.05, 4.69) is 10.3 Å². The molecule has 0 bridgehead atoms. The van der Waals surface area contributed by atoms with E-state index in [-0.39, 0.29) is 17.5 Å². The summed E-state index contributed by atoms with van der Waals surface area (Å²) >= 11 is 1.28. The summed E-state index contributed by atoms with van der Waals surface area (Å²) in [6.07, 6.45) is 0.787. The average molecular weight is 412 g/mol. The van der Waals surface area contributed by atoms with Gasteiger partial charge >= 0.3 is 0 Å². The number of rotatable bonds is 7. The topological polar surface area (TPSA) is 73.2 Å². The van der Waals surface area contributed by atoms with Crippen LogP contribution in [-0.4, -0.2) is 27.8 Å². The van der Waals surface area contributed by atoms with Crippen molar-refractivity contribution in [3.63, 3.8) is 0 Å². The van der Waals surface area contributed by atoms with E-state index in [1.807, 2.05) is 44.2 Å². The molecule has 1 heterocycles. The minimum Gasteiger partial charge on any atom is -0.495 e. The Morgan fingerprint density at radius 1 is 1.17 bits per heavy atom. The number of nitrogens with one attached hydrogen (secondary N) is 1. The van der Waals surface area contributed by atoms with Gasteiger partial charge in [0.15, 0.2) is 5.16 Å². The van der Waals surface area contributed by atoms with Gasteiger partial charge in [0.1, 0.15) is 5.75 Å². The number of benzene rings is 2. The van der Waals surface area contributed by atoms with Gasteiger partial charge < -0.3 is 10.1 Å². The third-order valence-electron chi connectivity index (χ3n) is 4.82. The third kappa shape index (κ3) is 4.45. The van der Waals surface area contributed by atoms with Gasteiger partial charge in [-0.3, -0.25) is 14.2 Å². The highest BCUT2D eigenvalue weighted by Gasteiger charge is 2.22. The molecule has 1 N–H and O–H groups in total. The second-order valence-corrected chi connectivity index (χ2v) is 8.10. The van der Waals surface area contributed by atoms with Crippen LogP contribution in [0.25, 0.3) is 10.9 Å². The molecular formula is C22H25N3O3S. The number of para-hydroxylation sites is 3. The Kier molecular flexibility index (Phi) is 6.59. The van der Waals surface area contributed by atoms with Gasteiger partial charge in [0.05, 0.1) is 29.0 Å². The molecule has 0 fully saturated rings. The number of carbonyl (C=O) groups is 1. The largest absolute Gasteiger partial charge is 0.495 e. The molecule has 2 aromatic carbocycles. The Balaban J connectivity index is 1.92. The van der Waals surface area contributed by atoms with Crippen molar-refractivity contribution in [1.29, 1.82) is 0 Å². The summed E-state index contributed by atoms with van der Waals surface area (Å²) in [6, 6.07) is 14.5. The van der Waals surface area contributed by atoms with Gasteiger partial charge in [0, 0.05) is 6.04 Å². The lowest BCUT2D eigenvalue weighted by atomic mass is 10.2. The van der Waals surface area contributed by atoms with E-state index in [9.17, 15) is 9.59 Å². The number of thioether (sulfide) groups is 1. The molecule has 2 atom stereocenters. The number of amides is 1. The molecule has 152 valence electrons. The molecule has 0 radical (unpaired) electrons. The molecule has 0 aliphatic heterocycles. The van der Waals surface area contributed by atoms with Crippen LogP contribution in [0, 0.1) is 0 Å². The zero-order valence-electron chi connectivity index (χ0n) is 17.0. The second kappa shape index (κ2) is 9.13. The fourth-order valence-corrected chi connectivity index (χ4v) is 3.98. The quantitative estimate of drug-likeness (QED) is 0.458. The highest BCUT2D eigenvalue weighted by atomic mass is 32.2. The monoisotopic (exact) mass is 411 g/mol. The number of hydrogen-bond acceptors (Lipinski definition) is 5. The van der Waals surface area contributed by atoms with Gasteiger partial charge in [-0.1, -0.05) is 43.0 Å². The van der Waals surface area contributed by atoms with Gasteiger partial charge in [0.2, 0.25) is 5.91 Å². The van der Waals surface area contributed by atoms with Crippen LogP contribution in [0.15, 0.2) is 58.5 Å². The van der Waals surface area contributed by atoms with Gasteiger partial charge in [-0.15, -0.1) is 0 Å². The van der Waals surface area contributed by atoms with E-state index in [1.54, 1.807) is 36.8 Å². The van der Waals surface area contributed by atoms with Crippen LogP contribution in [0.5, 0.6) is 5.75 Å². The number of nitrogens with zero attached hydrogens (tertiary/aromatic N) is 2. The van der Waals surface area contributed by atoms with E-state index in [4.69, 9.17) is 4.74 Å². The molecule has 6 nitrogen and oxygen atoms in total. The van der Waals surface area contributed by atoms with Crippen molar-refractivity contribution in [3.05, 3.63) is 58.9 Å². The summed E-state index contributed by atoms with van der Waals surface area (Å²) < 4.78 is 6.99. The van der Waals surface area contributed by atoms with Crippen LogP contribution in [0.1, 0.15) is 33.2 Å². The van der Waals surface area contributed by atoms with Crippen LogP contribution >= 0.6 is 11.8 Å². The predicted molar refractivity (Wildman–Crippen MR) is 118 cm³/mol. The molecule has 1 aromatic heterocycles. The Morgan fingerprint density at radius 3 is 2.59 bits per heavy atom. The standard InChI is InChI=1S/C22H25N3O3S/c1-5-14(2)25-21(27)16-10-6-7-11-17(16)24-22(25)29-15(3)20(26)23-18-12-8-9-13-19(18)28-4/h6-15H,5H2,1-4H3,(H,23,26)/t14-,15-/m0/s1. The second-order valence-electron chi connectivity index (χ2n) is 6.79. The molecule has 0 saturated carbocycles. The SMILES string of the molecule is CC[C@H](C)n1c(S[C@@H](C)C(=O)Nc2ccccc2OC)nc2ccccc2c1=O. The van der Waals surface area contributed by atoms with Crippen LogP contribution in [-0.2, 0) is 4.79 Å². The number of aromatic nitrogens is 2.